The Morgan fingerprint density at radius 3 is 1.34 bits per heavy atom. The first-order valence-electron chi connectivity index (χ1n) is 36.4. The van der Waals surface area contributed by atoms with Gasteiger partial charge in [-0.05, 0) is 118 Å². The highest BCUT2D eigenvalue weighted by Gasteiger charge is 2.46. The molecule has 2 saturated heterocycles. The SMILES string of the molecule is CCCC(CC(=O)[C@@H]1C[C@@H](OC(C)(C)C)CN1C(=O)OCC1c2ccccc2-c2ccccc21)C(O)C(=O)CCC(=O)N[C@H](C(=O)CP)c1ccccc1.CCCC(CC(=O)[C@@H]1C[C@@H](OC(C)(C)C)CN1C(=O)[C@@H](C)C1CCCCC1)C(O)C(=O)CCC(=O)N[C@H](C(=O)CP)c1ccccc1. The number of carbonyl (C=O) groups is 10. The molecule has 2 aliphatic heterocycles. The van der Waals surface area contributed by atoms with Crippen LogP contribution < -0.4 is 10.6 Å². The number of nitrogens with zero attached hydrogens (tertiary/aromatic N) is 2. The topological polar surface area (TPSA) is 269 Å². The van der Waals surface area contributed by atoms with Gasteiger partial charge in [-0.2, -0.15) is 0 Å². The van der Waals surface area contributed by atoms with Gasteiger partial charge in [-0.3, -0.25) is 48.1 Å². The number of fused-ring (bicyclic) bond motifs is 3. The Bertz CT molecular complexity index is 3410. The summed E-state index contributed by atoms with van der Waals surface area (Å²) in [5.41, 5.74) is 4.73. The number of ketones is 6. The van der Waals surface area contributed by atoms with E-state index in [1.807, 2.05) is 111 Å². The fraction of sp³-hybridized carbons (Fsp3) is 0.575. The molecule has 0 spiro atoms. The Morgan fingerprint density at radius 2 is 0.931 bits per heavy atom. The number of aliphatic hydroxyl groups is 2. The van der Waals surface area contributed by atoms with Crippen LogP contribution in [0.3, 0.4) is 0 Å². The second kappa shape index (κ2) is 38.7. The number of hydrogen-bond acceptors (Lipinski definition) is 15. The lowest BCUT2D eigenvalue weighted by Gasteiger charge is -2.33. The first kappa shape index (κ1) is 81.6. The van der Waals surface area contributed by atoms with Gasteiger partial charge in [-0.15, -0.1) is 18.5 Å². The van der Waals surface area contributed by atoms with Gasteiger partial charge in [0, 0.05) is 82.1 Å². The maximum atomic E-state index is 14.1. The minimum absolute atomic E-state index is 0.0149. The van der Waals surface area contributed by atoms with Crippen molar-refractivity contribution in [3.05, 3.63) is 131 Å². The molecule has 2 heterocycles. The number of likely N-dealkylation sites (tertiary alicyclic amines) is 2. The summed E-state index contributed by atoms with van der Waals surface area (Å²) in [5, 5.41) is 27.8. The summed E-state index contributed by atoms with van der Waals surface area (Å²) in [6.45, 7) is 18.1. The Hall–Kier alpha value is -6.72. The molecule has 1 saturated carbocycles. The summed E-state index contributed by atoms with van der Waals surface area (Å²) in [5.74, 6) is -4.23. The van der Waals surface area contributed by atoms with E-state index in [-0.39, 0.29) is 117 Å². The zero-order chi connectivity index (χ0) is 73.7. The molecule has 101 heavy (non-hydrogen) atoms. The number of ether oxygens (including phenoxy) is 3. The van der Waals surface area contributed by atoms with Crippen LogP contribution in [-0.4, -0.2) is 158 Å². The zero-order valence-electron chi connectivity index (χ0n) is 60.7. The van der Waals surface area contributed by atoms with Gasteiger partial charge in [0.15, 0.2) is 34.7 Å². The van der Waals surface area contributed by atoms with Gasteiger partial charge in [0.05, 0.1) is 42.0 Å². The average Bonchev–Trinajstić information content (AvgIpc) is 1.61. The number of amides is 4. The summed E-state index contributed by atoms with van der Waals surface area (Å²) in [6.07, 6.45) is 3.29. The predicted molar refractivity (Wildman–Crippen MR) is 396 cm³/mol. The second-order valence-electron chi connectivity index (χ2n) is 29.8. The van der Waals surface area contributed by atoms with E-state index in [4.69, 9.17) is 14.2 Å². The van der Waals surface area contributed by atoms with Gasteiger partial charge >= 0.3 is 6.09 Å². The lowest BCUT2D eigenvalue weighted by Crippen LogP contribution is -2.46. The van der Waals surface area contributed by atoms with E-state index in [0.717, 1.165) is 47.9 Å². The molecule has 0 radical (unpaired) electrons. The maximum absolute atomic E-state index is 14.1. The molecule has 4 amide bonds. The van der Waals surface area contributed by atoms with E-state index >= 15 is 0 Å². The van der Waals surface area contributed by atoms with Crippen LogP contribution in [0.4, 0.5) is 4.79 Å². The van der Waals surface area contributed by atoms with Crippen LogP contribution in [0.15, 0.2) is 109 Å². The number of Topliss-reactive ketones (excluding diaryl/α,β-unsaturated/α-hetero) is 6. The number of carbonyl (C=O) groups excluding carboxylic acids is 10. The van der Waals surface area contributed by atoms with Crippen molar-refractivity contribution in [3.8, 4) is 11.1 Å². The third-order valence-electron chi connectivity index (χ3n) is 19.8. The van der Waals surface area contributed by atoms with Crippen molar-refractivity contribution in [1.29, 1.82) is 0 Å². The fourth-order valence-corrected chi connectivity index (χ4v) is 15.3. The Labute approximate surface area is 602 Å². The van der Waals surface area contributed by atoms with Gasteiger partial charge in [-0.25, -0.2) is 4.79 Å². The van der Waals surface area contributed by atoms with E-state index in [0.29, 0.717) is 55.7 Å². The van der Waals surface area contributed by atoms with E-state index in [2.05, 4.69) is 41.2 Å². The number of aliphatic hydroxyl groups excluding tert-OH is 2. The standard InChI is InChI=1S/C43H53N2O8P.C37H57N2O7P/c1-5-13-28(41(50)36(46)20-21-39(49)44-40(38(48)26-54)27-14-7-6-8-15-27)22-37(47)35-23-29(53-43(2,3)4)24-45(35)42(51)52-25-34-32-18-11-9-16-30(32)31-17-10-12-19-33(31)34;1-6-13-27(35(44)30(40)18-19-33(43)38-34(32(42)23-47)26-16-11-8-12-17-26)20-31(41)29-21-28(46-37(3,4)5)22-39(29)36(45)24(2)25-14-9-7-10-15-25/h6-12,14-19,28-29,34-35,40-41,50H,5,13,20-26,54H2,1-4H3,(H,44,49);8,11-12,16-17,24-25,27-29,34-35,44H,6-7,9-10,13-15,18-23,47H2,1-5H3,(H,38,43)/t28?,29-,35+,40+,41?;24-,27?,28+,29-,34-,35?/m10/s1. The highest BCUT2D eigenvalue weighted by molar-refractivity contribution is 7.18. The highest BCUT2D eigenvalue weighted by Crippen LogP contribution is 2.45. The molecule has 2 aliphatic carbocycles. The molecule has 6 unspecified atom stereocenters. The Morgan fingerprint density at radius 1 is 0.535 bits per heavy atom. The van der Waals surface area contributed by atoms with Crippen LogP contribution in [-0.2, 0) is 57.4 Å². The van der Waals surface area contributed by atoms with E-state index in [1.165, 1.54) is 11.3 Å². The molecule has 4 aliphatic rings. The van der Waals surface area contributed by atoms with E-state index in [9.17, 15) is 58.2 Å². The van der Waals surface area contributed by atoms with Gasteiger partial charge in [0.2, 0.25) is 17.7 Å². The van der Waals surface area contributed by atoms with Crippen molar-refractivity contribution in [2.24, 2.45) is 23.7 Å². The molecular weight excluding hydrogens is 1320 g/mol. The average molecular weight is 1430 g/mol. The molecular formula is C80H110N4O15P2. The van der Waals surface area contributed by atoms with Gasteiger partial charge in [0.1, 0.15) is 30.9 Å². The Balaban J connectivity index is 0.000000286. The largest absolute Gasteiger partial charge is 0.448 e. The maximum Gasteiger partial charge on any atom is 0.410 e. The minimum Gasteiger partial charge on any atom is -0.448 e. The molecule has 3 fully saturated rings. The quantitative estimate of drug-likeness (QED) is 0.0317. The van der Waals surface area contributed by atoms with Crippen molar-refractivity contribution in [2.75, 3.05) is 32.0 Å². The van der Waals surface area contributed by atoms with Crippen LogP contribution in [0.5, 0.6) is 0 Å². The Kier molecular flexibility index (Phi) is 31.3. The van der Waals surface area contributed by atoms with Crippen LogP contribution in [0.1, 0.15) is 212 Å². The van der Waals surface area contributed by atoms with Crippen LogP contribution in [0, 0.1) is 23.7 Å². The predicted octanol–water partition coefficient (Wildman–Crippen LogP) is 12.0. The molecule has 8 rings (SSSR count). The summed E-state index contributed by atoms with van der Waals surface area (Å²) in [7, 11) is 4.73. The van der Waals surface area contributed by atoms with Crippen molar-refractivity contribution in [1.82, 2.24) is 20.4 Å². The van der Waals surface area contributed by atoms with E-state index < -0.39 is 95.0 Å². The smallest absolute Gasteiger partial charge is 0.410 e. The molecule has 19 nitrogen and oxygen atoms in total. The molecule has 13 atom stereocenters. The van der Waals surface area contributed by atoms with Crippen molar-refractivity contribution < 1.29 is 72.4 Å². The fourth-order valence-electron chi connectivity index (χ4n) is 14.9. The lowest BCUT2D eigenvalue weighted by atomic mass is 9.80. The van der Waals surface area contributed by atoms with Gasteiger partial charge in [0.25, 0.3) is 0 Å². The van der Waals surface area contributed by atoms with Crippen LogP contribution >= 0.6 is 18.5 Å². The monoisotopic (exact) mass is 1430 g/mol. The van der Waals surface area contributed by atoms with Crippen molar-refractivity contribution in [2.45, 2.75) is 237 Å². The van der Waals surface area contributed by atoms with E-state index in [1.54, 1.807) is 53.4 Å². The summed E-state index contributed by atoms with van der Waals surface area (Å²) < 4.78 is 18.4. The van der Waals surface area contributed by atoms with Crippen LogP contribution in [0.2, 0.25) is 0 Å². The van der Waals surface area contributed by atoms with Crippen LogP contribution in [0.25, 0.3) is 11.1 Å². The van der Waals surface area contributed by atoms with Gasteiger partial charge < -0.3 is 40.0 Å². The second-order valence-corrected chi connectivity index (χ2v) is 30.6. The first-order chi connectivity index (χ1) is 48.1. The lowest BCUT2D eigenvalue weighted by molar-refractivity contribution is -0.143. The zero-order valence-corrected chi connectivity index (χ0v) is 63.0. The normalized spacial score (nSPS) is 19.8. The van der Waals surface area contributed by atoms with Crippen molar-refractivity contribution in [3.63, 3.8) is 0 Å². The molecule has 0 bridgehead atoms. The number of rotatable bonds is 34. The summed E-state index contributed by atoms with van der Waals surface area (Å²) in [4.78, 5) is 136. The summed E-state index contributed by atoms with van der Waals surface area (Å²) in [6, 6.07) is 30.7. The number of benzene rings is 4. The third kappa shape index (κ3) is 23.4. The molecule has 4 aromatic rings. The third-order valence-corrected chi connectivity index (χ3v) is 20.6. The molecule has 0 aromatic heterocycles. The molecule has 4 aromatic carbocycles. The molecule has 4 N–H and O–H groups in total. The number of hydrogen-bond donors (Lipinski definition) is 4. The van der Waals surface area contributed by atoms with Crippen molar-refractivity contribution >= 4 is 77.0 Å². The minimum atomic E-state index is -1.48. The molecule has 550 valence electrons. The van der Waals surface area contributed by atoms with Gasteiger partial charge in [-0.1, -0.05) is 162 Å². The molecule has 21 heteroatoms. The number of nitrogens with one attached hydrogen (secondary N) is 2. The first-order valence-corrected chi connectivity index (χ1v) is 38.1. The summed E-state index contributed by atoms with van der Waals surface area (Å²) >= 11 is 0. The highest BCUT2D eigenvalue weighted by atomic mass is 31.0.